The van der Waals surface area contributed by atoms with Gasteiger partial charge < -0.3 is 19.3 Å². The molecule has 34 heavy (non-hydrogen) atoms. The number of carbonyl (C=O) groups excluding carboxylic acids is 1. The van der Waals surface area contributed by atoms with E-state index in [9.17, 15) is 4.79 Å². The molecule has 3 aromatic rings. The van der Waals surface area contributed by atoms with Gasteiger partial charge in [-0.2, -0.15) is 4.98 Å². The molecule has 2 heterocycles. The molecule has 0 saturated heterocycles. The van der Waals surface area contributed by atoms with Gasteiger partial charge in [0.15, 0.2) is 0 Å². The van der Waals surface area contributed by atoms with Gasteiger partial charge in [0.1, 0.15) is 11.5 Å². The largest absolute Gasteiger partial charge is 0.497 e. The number of allylic oxidation sites excluding steroid dienone is 1. The number of unbranched alkanes of at least 4 members (excludes halogenated alkanes) is 2. The number of benzene rings is 2. The van der Waals surface area contributed by atoms with Crippen molar-refractivity contribution in [3.05, 3.63) is 65.7 Å². The number of hydrogen-bond acceptors (Lipinski definition) is 6. The Morgan fingerprint density at radius 3 is 2.26 bits per heavy atom. The van der Waals surface area contributed by atoms with Crippen LogP contribution in [0, 0.1) is 0 Å². The molecule has 2 aromatic carbocycles. The van der Waals surface area contributed by atoms with Gasteiger partial charge in [0.25, 0.3) is 5.89 Å². The predicted molar refractivity (Wildman–Crippen MR) is 129 cm³/mol. The first-order valence-corrected chi connectivity index (χ1v) is 11.5. The van der Waals surface area contributed by atoms with Gasteiger partial charge in [0, 0.05) is 17.8 Å². The van der Waals surface area contributed by atoms with Crippen molar-refractivity contribution >= 4 is 11.6 Å². The molecule has 0 fully saturated rings. The third-order valence-corrected chi connectivity index (χ3v) is 6.04. The van der Waals surface area contributed by atoms with Crippen LogP contribution >= 0.6 is 0 Å². The van der Waals surface area contributed by atoms with Crippen molar-refractivity contribution in [3.63, 3.8) is 0 Å². The Hall–Kier alpha value is -3.81. The molecule has 0 saturated carbocycles. The molecule has 8 nitrogen and oxygen atoms in total. The van der Waals surface area contributed by atoms with Crippen molar-refractivity contribution in [3.8, 4) is 22.9 Å². The summed E-state index contributed by atoms with van der Waals surface area (Å²) in [5.74, 6) is 2.35. The summed E-state index contributed by atoms with van der Waals surface area (Å²) in [6.07, 6.45) is 3.05. The summed E-state index contributed by atoms with van der Waals surface area (Å²) in [6.45, 7) is 4.71. The normalized spacial score (nSPS) is 15.9. The SMILES string of the molecule is CCCCCN1C(=O)NC(c2ccc(OC)cc2)C(c2nc(-c3ccc(OC)cc3)no2)=C1C. The summed E-state index contributed by atoms with van der Waals surface area (Å²) in [4.78, 5) is 19.5. The van der Waals surface area contributed by atoms with Crippen molar-refractivity contribution in [2.24, 2.45) is 0 Å². The van der Waals surface area contributed by atoms with E-state index in [2.05, 4.69) is 17.4 Å². The molecule has 1 aliphatic rings. The molecule has 0 radical (unpaired) electrons. The first kappa shape index (κ1) is 23.4. The van der Waals surface area contributed by atoms with Gasteiger partial charge in [-0.25, -0.2) is 4.79 Å². The molecule has 0 bridgehead atoms. The van der Waals surface area contributed by atoms with Crippen LogP contribution in [-0.4, -0.2) is 41.8 Å². The number of aromatic nitrogens is 2. The fraction of sp³-hybridized carbons (Fsp3) is 0.346. The van der Waals surface area contributed by atoms with E-state index in [-0.39, 0.29) is 6.03 Å². The fourth-order valence-corrected chi connectivity index (χ4v) is 4.08. The molecule has 178 valence electrons. The molecule has 1 N–H and O–H groups in total. The summed E-state index contributed by atoms with van der Waals surface area (Å²) in [5, 5.41) is 7.35. The minimum absolute atomic E-state index is 0.131. The predicted octanol–water partition coefficient (Wildman–Crippen LogP) is 5.44. The van der Waals surface area contributed by atoms with Gasteiger partial charge in [0.05, 0.1) is 25.8 Å². The maximum absolute atomic E-state index is 13.0. The van der Waals surface area contributed by atoms with Crippen LogP contribution in [0.3, 0.4) is 0 Å². The standard InChI is InChI=1S/C26H30N4O4/c1-5-6-7-16-30-17(2)22(23(27-26(30)31)18-8-12-20(32-3)13-9-18)25-28-24(29-34-25)19-10-14-21(33-4)15-11-19/h8-15,23H,5-7,16H2,1-4H3,(H,27,31). The Labute approximate surface area is 199 Å². The molecule has 8 heteroatoms. The summed E-state index contributed by atoms with van der Waals surface area (Å²) in [6, 6.07) is 14.5. The highest BCUT2D eigenvalue weighted by Gasteiger charge is 2.35. The molecular formula is C26H30N4O4. The number of amides is 2. The minimum Gasteiger partial charge on any atom is -0.497 e. The molecule has 1 atom stereocenters. The van der Waals surface area contributed by atoms with Crippen LogP contribution < -0.4 is 14.8 Å². The zero-order valence-corrected chi connectivity index (χ0v) is 20.0. The molecular weight excluding hydrogens is 432 g/mol. The molecule has 1 aromatic heterocycles. The van der Waals surface area contributed by atoms with Crippen LogP contribution in [0.25, 0.3) is 17.0 Å². The third-order valence-electron chi connectivity index (χ3n) is 6.04. The molecule has 1 unspecified atom stereocenters. The van der Waals surface area contributed by atoms with E-state index < -0.39 is 6.04 Å². The fourth-order valence-electron chi connectivity index (χ4n) is 4.08. The van der Waals surface area contributed by atoms with Crippen molar-refractivity contribution < 1.29 is 18.8 Å². The first-order valence-electron chi connectivity index (χ1n) is 11.5. The van der Waals surface area contributed by atoms with Gasteiger partial charge in [-0.1, -0.05) is 37.1 Å². The van der Waals surface area contributed by atoms with Crippen molar-refractivity contribution in [2.45, 2.75) is 39.2 Å². The van der Waals surface area contributed by atoms with Crippen molar-refractivity contribution in [1.82, 2.24) is 20.4 Å². The van der Waals surface area contributed by atoms with E-state index in [1.54, 1.807) is 19.1 Å². The van der Waals surface area contributed by atoms with Crippen molar-refractivity contribution in [2.75, 3.05) is 20.8 Å². The summed E-state index contributed by atoms with van der Waals surface area (Å²) < 4.78 is 16.3. The highest BCUT2D eigenvalue weighted by Crippen LogP contribution is 2.38. The summed E-state index contributed by atoms with van der Waals surface area (Å²) >= 11 is 0. The smallest absolute Gasteiger partial charge is 0.322 e. The number of hydrogen-bond donors (Lipinski definition) is 1. The topological polar surface area (TPSA) is 89.7 Å². The van der Waals surface area contributed by atoms with Gasteiger partial charge in [-0.15, -0.1) is 0 Å². The zero-order valence-electron chi connectivity index (χ0n) is 20.0. The average molecular weight is 463 g/mol. The van der Waals surface area contributed by atoms with E-state index in [1.807, 2.05) is 55.5 Å². The Morgan fingerprint density at radius 1 is 1.00 bits per heavy atom. The molecule has 2 amide bonds. The highest BCUT2D eigenvalue weighted by molar-refractivity contribution is 5.86. The van der Waals surface area contributed by atoms with Crippen LogP contribution in [0.5, 0.6) is 11.5 Å². The number of nitrogens with zero attached hydrogens (tertiary/aromatic N) is 3. The van der Waals surface area contributed by atoms with Crippen LogP contribution in [0.2, 0.25) is 0 Å². The van der Waals surface area contributed by atoms with E-state index in [0.29, 0.717) is 18.3 Å². The number of methoxy groups -OCH3 is 2. The number of nitrogens with one attached hydrogen (secondary N) is 1. The molecule has 0 spiro atoms. The zero-order chi connectivity index (χ0) is 24.1. The second-order valence-electron chi connectivity index (χ2n) is 8.17. The van der Waals surface area contributed by atoms with Gasteiger partial charge in [-0.3, -0.25) is 4.90 Å². The third kappa shape index (κ3) is 4.76. The second-order valence-corrected chi connectivity index (χ2v) is 8.17. The minimum atomic E-state index is -0.426. The number of rotatable bonds is 9. The summed E-state index contributed by atoms with van der Waals surface area (Å²) in [7, 11) is 3.25. The second kappa shape index (κ2) is 10.4. The maximum Gasteiger partial charge on any atom is 0.322 e. The van der Waals surface area contributed by atoms with E-state index in [0.717, 1.165) is 53.2 Å². The Balaban J connectivity index is 1.74. The first-order chi connectivity index (χ1) is 16.5. The lowest BCUT2D eigenvalue weighted by molar-refractivity contribution is 0.204. The van der Waals surface area contributed by atoms with E-state index >= 15 is 0 Å². The molecule has 1 aliphatic heterocycles. The highest BCUT2D eigenvalue weighted by atomic mass is 16.5. The quantitative estimate of drug-likeness (QED) is 0.426. The summed E-state index contributed by atoms with van der Waals surface area (Å²) in [5.41, 5.74) is 3.31. The lowest BCUT2D eigenvalue weighted by atomic mass is 9.94. The van der Waals surface area contributed by atoms with Crippen LogP contribution in [0.1, 0.15) is 50.6 Å². The van der Waals surface area contributed by atoms with Gasteiger partial charge >= 0.3 is 6.03 Å². The Morgan fingerprint density at radius 2 is 1.65 bits per heavy atom. The van der Waals surface area contributed by atoms with Crippen LogP contribution in [0.4, 0.5) is 4.79 Å². The average Bonchev–Trinajstić information content (AvgIpc) is 3.35. The maximum atomic E-state index is 13.0. The monoisotopic (exact) mass is 462 g/mol. The molecule has 0 aliphatic carbocycles. The van der Waals surface area contributed by atoms with E-state index in [1.165, 1.54) is 0 Å². The van der Waals surface area contributed by atoms with Gasteiger partial charge in [0.2, 0.25) is 5.82 Å². The Kier molecular flexibility index (Phi) is 7.15. The Bertz CT molecular complexity index is 1150. The van der Waals surface area contributed by atoms with Crippen LogP contribution in [0.15, 0.2) is 58.8 Å². The number of carbonyl (C=O) groups is 1. The van der Waals surface area contributed by atoms with E-state index in [4.69, 9.17) is 19.0 Å². The lowest BCUT2D eigenvalue weighted by Crippen LogP contribution is -2.46. The van der Waals surface area contributed by atoms with Crippen LogP contribution in [-0.2, 0) is 0 Å². The molecule has 4 rings (SSSR count). The van der Waals surface area contributed by atoms with Crippen molar-refractivity contribution in [1.29, 1.82) is 0 Å². The number of urea groups is 1. The number of ether oxygens (including phenoxy) is 2. The van der Waals surface area contributed by atoms with Gasteiger partial charge in [-0.05, 0) is 55.3 Å². The lowest BCUT2D eigenvalue weighted by Gasteiger charge is -2.35.